The summed E-state index contributed by atoms with van der Waals surface area (Å²) in [6.07, 6.45) is 4.47. The molecule has 2 fully saturated rings. The first-order chi connectivity index (χ1) is 10.6. The molecule has 0 saturated carbocycles. The van der Waals surface area contributed by atoms with Gasteiger partial charge in [0, 0.05) is 12.6 Å². The zero-order valence-electron chi connectivity index (χ0n) is 13.3. The number of nitrogens with zero attached hydrogens (tertiary/aromatic N) is 1. The van der Waals surface area contributed by atoms with Crippen LogP contribution in [0.3, 0.4) is 0 Å². The van der Waals surface area contributed by atoms with Gasteiger partial charge in [0.1, 0.15) is 0 Å². The van der Waals surface area contributed by atoms with Crippen LogP contribution in [0, 0.1) is 5.92 Å². The predicted molar refractivity (Wildman–Crippen MR) is 87.0 cm³/mol. The summed E-state index contributed by atoms with van der Waals surface area (Å²) in [5.41, 5.74) is 2.66. The highest BCUT2D eigenvalue weighted by atomic mass is 16.4. The smallest absolute Gasteiger partial charge is 0.307 e. The molecule has 1 aromatic rings. The van der Waals surface area contributed by atoms with E-state index in [9.17, 15) is 4.79 Å². The van der Waals surface area contributed by atoms with Crippen LogP contribution in [-0.2, 0) is 4.79 Å². The lowest BCUT2D eigenvalue weighted by atomic mass is 9.90. The molecule has 0 aromatic heterocycles. The Hall–Kier alpha value is -1.39. The molecule has 2 aliphatic heterocycles. The average Bonchev–Trinajstić information content (AvgIpc) is 2.92. The molecule has 3 atom stereocenters. The second-order valence-electron chi connectivity index (χ2n) is 6.83. The summed E-state index contributed by atoms with van der Waals surface area (Å²) in [4.78, 5) is 13.5. The number of rotatable bonds is 3. The lowest BCUT2D eigenvalue weighted by Gasteiger charge is -2.17. The Morgan fingerprint density at radius 3 is 2.59 bits per heavy atom. The van der Waals surface area contributed by atoms with Crippen LogP contribution in [0.25, 0.3) is 0 Å². The van der Waals surface area contributed by atoms with E-state index in [4.69, 9.17) is 5.11 Å². The van der Waals surface area contributed by atoms with Gasteiger partial charge in [0.2, 0.25) is 0 Å². The maximum absolute atomic E-state index is 11.1. The lowest BCUT2D eigenvalue weighted by Crippen LogP contribution is -2.18. The maximum Gasteiger partial charge on any atom is 0.307 e. The summed E-state index contributed by atoms with van der Waals surface area (Å²) in [5.74, 6) is -0.265. The van der Waals surface area contributed by atoms with E-state index in [-0.39, 0.29) is 12.0 Å². The van der Waals surface area contributed by atoms with Crippen molar-refractivity contribution in [2.75, 3.05) is 26.7 Å². The van der Waals surface area contributed by atoms with Crippen molar-refractivity contribution in [2.24, 2.45) is 5.92 Å². The minimum atomic E-state index is -0.686. The van der Waals surface area contributed by atoms with Gasteiger partial charge >= 0.3 is 5.97 Å². The van der Waals surface area contributed by atoms with Crippen molar-refractivity contribution in [3.8, 4) is 0 Å². The number of carbonyl (C=O) groups is 1. The van der Waals surface area contributed by atoms with Crippen LogP contribution < -0.4 is 5.32 Å². The number of hydrogen-bond acceptors (Lipinski definition) is 3. The summed E-state index contributed by atoms with van der Waals surface area (Å²) in [6, 6.07) is 9.07. The molecule has 0 radical (unpaired) electrons. The fourth-order valence-electron chi connectivity index (χ4n) is 3.75. The van der Waals surface area contributed by atoms with Crippen molar-refractivity contribution >= 4 is 5.97 Å². The Morgan fingerprint density at radius 2 is 1.91 bits per heavy atom. The molecule has 4 nitrogen and oxygen atoms in total. The quantitative estimate of drug-likeness (QED) is 0.901. The van der Waals surface area contributed by atoms with Gasteiger partial charge in [0.15, 0.2) is 0 Å². The SMILES string of the molecule is CN1CCCC(c2ccc(C3CC(C(=O)O)CN3)cc2)CC1. The zero-order chi connectivity index (χ0) is 15.5. The highest BCUT2D eigenvalue weighted by molar-refractivity contribution is 5.70. The fraction of sp³-hybridized carbons (Fsp3) is 0.611. The first kappa shape index (κ1) is 15.5. The molecule has 3 unspecified atom stereocenters. The molecule has 22 heavy (non-hydrogen) atoms. The molecule has 0 aliphatic carbocycles. The third-order valence-corrected chi connectivity index (χ3v) is 5.24. The van der Waals surface area contributed by atoms with Crippen LogP contribution in [0.2, 0.25) is 0 Å². The fourth-order valence-corrected chi connectivity index (χ4v) is 3.75. The predicted octanol–water partition coefficient (Wildman–Crippen LogP) is 2.62. The van der Waals surface area contributed by atoms with Crippen LogP contribution in [0.5, 0.6) is 0 Å². The largest absolute Gasteiger partial charge is 0.481 e. The molecule has 120 valence electrons. The molecule has 0 spiro atoms. The van der Waals surface area contributed by atoms with Crippen LogP contribution in [-0.4, -0.2) is 42.7 Å². The number of likely N-dealkylation sites (tertiary alicyclic amines) is 1. The Balaban J connectivity index is 1.64. The van der Waals surface area contributed by atoms with Crippen LogP contribution >= 0.6 is 0 Å². The van der Waals surface area contributed by atoms with Gasteiger partial charge in [-0.15, -0.1) is 0 Å². The molecule has 2 aliphatic rings. The molecule has 0 bridgehead atoms. The summed E-state index contributed by atoms with van der Waals surface area (Å²) >= 11 is 0. The van der Waals surface area contributed by atoms with E-state index >= 15 is 0 Å². The van der Waals surface area contributed by atoms with Crippen molar-refractivity contribution in [3.63, 3.8) is 0 Å². The van der Waals surface area contributed by atoms with Gasteiger partial charge in [-0.3, -0.25) is 4.79 Å². The van der Waals surface area contributed by atoms with E-state index in [0.29, 0.717) is 18.9 Å². The van der Waals surface area contributed by atoms with Crippen LogP contribution in [0.15, 0.2) is 24.3 Å². The molecule has 2 saturated heterocycles. The van der Waals surface area contributed by atoms with Gasteiger partial charge in [0.25, 0.3) is 0 Å². The van der Waals surface area contributed by atoms with Crippen molar-refractivity contribution in [1.82, 2.24) is 10.2 Å². The molecule has 3 rings (SSSR count). The molecular formula is C18H26N2O2. The average molecular weight is 302 g/mol. The Morgan fingerprint density at radius 1 is 1.18 bits per heavy atom. The van der Waals surface area contributed by atoms with E-state index in [1.54, 1.807) is 0 Å². The van der Waals surface area contributed by atoms with Gasteiger partial charge < -0.3 is 15.3 Å². The minimum absolute atomic E-state index is 0.190. The topological polar surface area (TPSA) is 52.6 Å². The highest BCUT2D eigenvalue weighted by Gasteiger charge is 2.30. The lowest BCUT2D eigenvalue weighted by molar-refractivity contribution is -0.141. The normalized spacial score (nSPS) is 30.1. The van der Waals surface area contributed by atoms with Crippen LogP contribution in [0.1, 0.15) is 48.8 Å². The Kier molecular flexibility index (Phi) is 4.79. The monoisotopic (exact) mass is 302 g/mol. The summed E-state index contributed by atoms with van der Waals surface area (Å²) < 4.78 is 0. The first-order valence-corrected chi connectivity index (χ1v) is 8.38. The molecule has 2 heterocycles. The number of aliphatic carboxylic acids is 1. The van der Waals surface area contributed by atoms with E-state index in [2.05, 4.69) is 41.5 Å². The van der Waals surface area contributed by atoms with Crippen molar-refractivity contribution in [1.29, 1.82) is 0 Å². The molecule has 4 heteroatoms. The zero-order valence-corrected chi connectivity index (χ0v) is 13.3. The minimum Gasteiger partial charge on any atom is -0.481 e. The molecular weight excluding hydrogens is 276 g/mol. The van der Waals surface area contributed by atoms with Crippen molar-refractivity contribution in [2.45, 2.75) is 37.6 Å². The number of carboxylic acids is 1. The van der Waals surface area contributed by atoms with E-state index in [0.717, 1.165) is 0 Å². The molecule has 1 aromatic carbocycles. The van der Waals surface area contributed by atoms with E-state index in [1.807, 2.05) is 0 Å². The summed E-state index contributed by atoms with van der Waals surface area (Å²) in [7, 11) is 2.20. The number of nitrogens with one attached hydrogen (secondary N) is 1. The highest BCUT2D eigenvalue weighted by Crippen LogP contribution is 2.31. The third-order valence-electron chi connectivity index (χ3n) is 5.24. The maximum atomic E-state index is 11.1. The summed E-state index contributed by atoms with van der Waals surface area (Å²) in [6.45, 7) is 2.96. The van der Waals surface area contributed by atoms with Gasteiger partial charge in [-0.05, 0) is 62.9 Å². The molecule has 0 amide bonds. The van der Waals surface area contributed by atoms with Gasteiger partial charge in [-0.2, -0.15) is 0 Å². The van der Waals surface area contributed by atoms with Gasteiger partial charge in [-0.1, -0.05) is 24.3 Å². The first-order valence-electron chi connectivity index (χ1n) is 8.38. The van der Waals surface area contributed by atoms with Gasteiger partial charge in [-0.25, -0.2) is 0 Å². The van der Waals surface area contributed by atoms with E-state index in [1.165, 1.54) is 43.5 Å². The van der Waals surface area contributed by atoms with Crippen molar-refractivity contribution < 1.29 is 9.90 Å². The second kappa shape index (κ2) is 6.80. The second-order valence-corrected chi connectivity index (χ2v) is 6.83. The molecule has 2 N–H and O–H groups in total. The Labute approximate surface area is 132 Å². The van der Waals surface area contributed by atoms with Gasteiger partial charge in [0.05, 0.1) is 5.92 Å². The van der Waals surface area contributed by atoms with E-state index < -0.39 is 5.97 Å². The standard InChI is InChI=1S/C18H26N2O2/c1-20-9-2-3-13(8-10-20)14-4-6-15(7-5-14)17-11-16(12-19-17)18(21)22/h4-7,13,16-17,19H,2-3,8-12H2,1H3,(H,21,22). The Bertz CT molecular complexity index is 514. The number of carboxylic acid groups (broad SMARTS) is 1. The number of benzene rings is 1. The van der Waals surface area contributed by atoms with Crippen molar-refractivity contribution in [3.05, 3.63) is 35.4 Å². The van der Waals surface area contributed by atoms with Crippen LogP contribution in [0.4, 0.5) is 0 Å². The number of hydrogen-bond donors (Lipinski definition) is 2. The third kappa shape index (κ3) is 3.50. The summed E-state index contributed by atoms with van der Waals surface area (Å²) in [5, 5.41) is 12.4.